The molecule has 0 radical (unpaired) electrons. The van der Waals surface area contributed by atoms with Crippen molar-refractivity contribution in [2.45, 2.75) is 45.8 Å². The number of ether oxygens (including phenoxy) is 1. The Morgan fingerprint density at radius 1 is 1.04 bits per heavy atom. The van der Waals surface area contributed by atoms with Gasteiger partial charge in [-0.3, -0.25) is 4.79 Å². The molecule has 4 rings (SSSR count). The summed E-state index contributed by atoms with van der Waals surface area (Å²) in [6.45, 7) is 10.1. The minimum atomic E-state index is -0.284. The van der Waals surface area contributed by atoms with E-state index in [9.17, 15) is 4.79 Å². The molecule has 5 nitrogen and oxygen atoms in total. The van der Waals surface area contributed by atoms with Crippen molar-refractivity contribution in [3.63, 3.8) is 0 Å². The van der Waals surface area contributed by atoms with Gasteiger partial charge in [-0.1, -0.05) is 30.3 Å². The number of nitrogens with one attached hydrogen (secondary N) is 1. The average molecular weight is 380 g/mol. The van der Waals surface area contributed by atoms with E-state index in [1.54, 1.807) is 0 Å². The van der Waals surface area contributed by atoms with Crippen LogP contribution in [0.2, 0.25) is 0 Å². The smallest absolute Gasteiger partial charge is 0.308 e. The van der Waals surface area contributed by atoms with E-state index in [2.05, 4.69) is 59.0 Å². The van der Waals surface area contributed by atoms with Gasteiger partial charge >= 0.3 is 5.97 Å². The summed E-state index contributed by atoms with van der Waals surface area (Å²) in [5.74, 6) is 0.360. The van der Waals surface area contributed by atoms with Crippen molar-refractivity contribution in [1.82, 2.24) is 14.8 Å². The SMILES string of the molecule is CC(=O)Oc1cccc2c3ccccc3n(CCCN3CC(C)NC(C)C3)c12. The minimum absolute atomic E-state index is 0.284. The van der Waals surface area contributed by atoms with Crippen molar-refractivity contribution in [3.05, 3.63) is 42.5 Å². The summed E-state index contributed by atoms with van der Waals surface area (Å²) in [6.07, 6.45) is 1.06. The van der Waals surface area contributed by atoms with Gasteiger partial charge in [-0.25, -0.2) is 0 Å². The zero-order valence-corrected chi connectivity index (χ0v) is 16.9. The van der Waals surface area contributed by atoms with E-state index in [1.807, 2.05) is 12.1 Å². The summed E-state index contributed by atoms with van der Waals surface area (Å²) >= 11 is 0. The van der Waals surface area contributed by atoms with Gasteiger partial charge in [-0.15, -0.1) is 0 Å². The van der Waals surface area contributed by atoms with Crippen LogP contribution < -0.4 is 10.1 Å². The number of esters is 1. The fraction of sp³-hybridized carbons (Fsp3) is 0.435. The third-order valence-corrected chi connectivity index (χ3v) is 5.50. The summed E-state index contributed by atoms with van der Waals surface area (Å²) in [5, 5.41) is 5.93. The second-order valence-corrected chi connectivity index (χ2v) is 8.00. The molecule has 0 bridgehead atoms. The summed E-state index contributed by atoms with van der Waals surface area (Å²) in [4.78, 5) is 14.2. The number of benzene rings is 2. The number of aryl methyl sites for hydroxylation is 1. The van der Waals surface area contributed by atoms with Crippen molar-refractivity contribution >= 4 is 27.8 Å². The Bertz CT molecular complexity index is 984. The minimum Gasteiger partial charge on any atom is -0.424 e. The molecular weight excluding hydrogens is 350 g/mol. The molecule has 2 unspecified atom stereocenters. The third-order valence-electron chi connectivity index (χ3n) is 5.50. The lowest BCUT2D eigenvalue weighted by atomic mass is 10.1. The van der Waals surface area contributed by atoms with Gasteiger partial charge in [0.2, 0.25) is 0 Å². The standard InChI is InChI=1S/C23H29N3O2/c1-16-14-25(15-17(2)24-16)12-7-13-26-21-10-5-4-8-19(21)20-9-6-11-22(23(20)26)28-18(3)27/h4-6,8-11,16-17,24H,7,12-15H2,1-3H3. The van der Waals surface area contributed by atoms with Gasteiger partial charge in [0, 0.05) is 54.9 Å². The second kappa shape index (κ2) is 7.94. The maximum absolute atomic E-state index is 11.6. The Hall–Kier alpha value is -2.37. The van der Waals surface area contributed by atoms with Gasteiger partial charge in [0.15, 0.2) is 5.75 Å². The number of nitrogens with zero attached hydrogens (tertiary/aromatic N) is 2. The van der Waals surface area contributed by atoms with Gasteiger partial charge in [0.1, 0.15) is 0 Å². The Morgan fingerprint density at radius 3 is 2.50 bits per heavy atom. The molecule has 1 aliphatic heterocycles. The number of para-hydroxylation sites is 2. The number of hydrogen-bond donors (Lipinski definition) is 1. The number of rotatable bonds is 5. The fourth-order valence-electron chi connectivity index (χ4n) is 4.62. The predicted octanol–water partition coefficient (Wildman–Crippen LogP) is 3.79. The second-order valence-electron chi connectivity index (χ2n) is 8.00. The van der Waals surface area contributed by atoms with E-state index < -0.39 is 0 Å². The van der Waals surface area contributed by atoms with E-state index in [1.165, 1.54) is 17.8 Å². The van der Waals surface area contributed by atoms with Gasteiger partial charge in [-0.05, 0) is 38.9 Å². The number of hydrogen-bond acceptors (Lipinski definition) is 4. The first-order valence-electron chi connectivity index (χ1n) is 10.2. The van der Waals surface area contributed by atoms with Crippen LogP contribution in [-0.4, -0.2) is 47.2 Å². The molecule has 2 aromatic carbocycles. The first-order chi connectivity index (χ1) is 13.5. The summed E-state index contributed by atoms with van der Waals surface area (Å²) < 4.78 is 7.86. The topological polar surface area (TPSA) is 46.5 Å². The van der Waals surface area contributed by atoms with Gasteiger partial charge in [-0.2, -0.15) is 0 Å². The number of piperazine rings is 1. The van der Waals surface area contributed by atoms with Crippen LogP contribution in [0.15, 0.2) is 42.5 Å². The van der Waals surface area contributed by atoms with E-state index in [4.69, 9.17) is 4.74 Å². The normalized spacial score (nSPS) is 20.7. The lowest BCUT2D eigenvalue weighted by Gasteiger charge is -2.36. The molecule has 2 heterocycles. The van der Waals surface area contributed by atoms with Crippen LogP contribution in [0.1, 0.15) is 27.2 Å². The van der Waals surface area contributed by atoms with Crippen LogP contribution >= 0.6 is 0 Å². The largest absolute Gasteiger partial charge is 0.424 e. The molecular formula is C23H29N3O2. The summed E-state index contributed by atoms with van der Waals surface area (Å²) in [7, 11) is 0. The number of aromatic nitrogens is 1. The number of fused-ring (bicyclic) bond motifs is 3. The first kappa shape index (κ1) is 19.0. The molecule has 0 aliphatic carbocycles. The quantitative estimate of drug-likeness (QED) is 0.541. The van der Waals surface area contributed by atoms with Gasteiger partial charge in [0.05, 0.1) is 5.52 Å². The highest BCUT2D eigenvalue weighted by atomic mass is 16.5. The Morgan fingerprint density at radius 2 is 1.75 bits per heavy atom. The van der Waals surface area contributed by atoms with Crippen LogP contribution in [0.5, 0.6) is 5.75 Å². The fourth-order valence-corrected chi connectivity index (χ4v) is 4.62. The third kappa shape index (κ3) is 3.77. The molecule has 0 amide bonds. The van der Waals surface area contributed by atoms with Crippen LogP contribution in [-0.2, 0) is 11.3 Å². The number of carbonyl (C=O) groups is 1. The lowest BCUT2D eigenvalue weighted by molar-refractivity contribution is -0.131. The molecule has 2 atom stereocenters. The molecule has 1 fully saturated rings. The average Bonchev–Trinajstić information content (AvgIpc) is 2.96. The first-order valence-corrected chi connectivity index (χ1v) is 10.2. The van der Waals surface area contributed by atoms with Crippen molar-refractivity contribution in [3.8, 4) is 5.75 Å². The Kier molecular flexibility index (Phi) is 5.38. The molecule has 1 saturated heterocycles. The lowest BCUT2D eigenvalue weighted by Crippen LogP contribution is -2.54. The van der Waals surface area contributed by atoms with Crippen molar-refractivity contribution in [2.24, 2.45) is 0 Å². The maximum atomic E-state index is 11.6. The van der Waals surface area contributed by atoms with E-state index >= 15 is 0 Å². The van der Waals surface area contributed by atoms with Gasteiger partial charge < -0.3 is 19.5 Å². The highest BCUT2D eigenvalue weighted by molar-refractivity contribution is 6.10. The summed E-state index contributed by atoms with van der Waals surface area (Å²) in [6, 6.07) is 15.5. The highest BCUT2D eigenvalue weighted by Gasteiger charge is 2.21. The molecule has 1 aromatic heterocycles. The maximum Gasteiger partial charge on any atom is 0.308 e. The van der Waals surface area contributed by atoms with E-state index in [0.29, 0.717) is 17.8 Å². The highest BCUT2D eigenvalue weighted by Crippen LogP contribution is 2.35. The van der Waals surface area contributed by atoms with Crippen LogP contribution in [0.25, 0.3) is 21.8 Å². The molecule has 5 heteroatoms. The zero-order chi connectivity index (χ0) is 19.7. The summed E-state index contributed by atoms with van der Waals surface area (Å²) in [5.41, 5.74) is 2.21. The van der Waals surface area contributed by atoms with Crippen molar-refractivity contribution in [2.75, 3.05) is 19.6 Å². The number of carbonyl (C=O) groups excluding carboxylic acids is 1. The molecule has 1 aliphatic rings. The predicted molar refractivity (Wildman–Crippen MR) is 114 cm³/mol. The van der Waals surface area contributed by atoms with Crippen molar-refractivity contribution in [1.29, 1.82) is 0 Å². The Labute approximate surface area is 166 Å². The molecule has 0 saturated carbocycles. The van der Waals surface area contributed by atoms with Crippen LogP contribution in [0.3, 0.4) is 0 Å². The zero-order valence-electron chi connectivity index (χ0n) is 16.9. The monoisotopic (exact) mass is 379 g/mol. The van der Waals surface area contributed by atoms with E-state index in [0.717, 1.165) is 43.5 Å². The Balaban J connectivity index is 1.64. The molecule has 1 N–H and O–H groups in total. The molecule has 28 heavy (non-hydrogen) atoms. The molecule has 0 spiro atoms. The van der Waals surface area contributed by atoms with E-state index in [-0.39, 0.29) is 5.97 Å². The molecule has 3 aromatic rings. The van der Waals surface area contributed by atoms with Crippen molar-refractivity contribution < 1.29 is 9.53 Å². The van der Waals surface area contributed by atoms with Crippen LogP contribution in [0.4, 0.5) is 0 Å². The molecule has 148 valence electrons. The van der Waals surface area contributed by atoms with Crippen LogP contribution in [0, 0.1) is 0 Å². The van der Waals surface area contributed by atoms with Gasteiger partial charge in [0.25, 0.3) is 0 Å².